The number of ether oxygens (including phenoxy) is 1. The second-order valence-corrected chi connectivity index (χ2v) is 9.82. The van der Waals surface area contributed by atoms with Gasteiger partial charge in [0.2, 0.25) is 5.88 Å². The monoisotopic (exact) mass is 476 g/mol. The maximum Gasteiger partial charge on any atom is 0.254 e. The first kappa shape index (κ1) is 22.0. The smallest absolute Gasteiger partial charge is 0.254 e. The number of nitrogens with zero attached hydrogens (tertiary/aromatic N) is 5. The molecular formula is C26H29FN6O2. The number of aryl methyl sites for hydroxylation is 1. The Labute approximate surface area is 202 Å². The van der Waals surface area contributed by atoms with Gasteiger partial charge in [0.15, 0.2) is 5.82 Å². The van der Waals surface area contributed by atoms with Gasteiger partial charge in [-0.15, -0.1) is 0 Å². The highest BCUT2D eigenvalue weighted by Gasteiger charge is 2.28. The van der Waals surface area contributed by atoms with Crippen LogP contribution in [0, 0.1) is 11.7 Å². The molecule has 1 aliphatic heterocycles. The number of pyridine rings is 1. The molecule has 2 aliphatic rings. The molecule has 0 bridgehead atoms. The quantitative estimate of drug-likeness (QED) is 0.474. The molecule has 1 aromatic carbocycles. The van der Waals surface area contributed by atoms with Gasteiger partial charge in [0.05, 0.1) is 18.3 Å². The van der Waals surface area contributed by atoms with Crippen molar-refractivity contribution in [1.29, 1.82) is 0 Å². The van der Waals surface area contributed by atoms with Crippen LogP contribution in [0.2, 0.25) is 0 Å². The summed E-state index contributed by atoms with van der Waals surface area (Å²) < 4.78 is 24.7. The summed E-state index contributed by atoms with van der Waals surface area (Å²) in [5.41, 5.74) is 8.90. The van der Waals surface area contributed by atoms with Gasteiger partial charge in [-0.1, -0.05) is 0 Å². The summed E-state index contributed by atoms with van der Waals surface area (Å²) in [6, 6.07) is 8.85. The first-order valence-electron chi connectivity index (χ1n) is 12.2. The van der Waals surface area contributed by atoms with E-state index in [9.17, 15) is 4.79 Å². The molecule has 1 saturated heterocycles. The maximum absolute atomic E-state index is 15.4. The number of fused-ring (bicyclic) bond motifs is 2. The van der Waals surface area contributed by atoms with E-state index in [1.807, 2.05) is 25.2 Å². The van der Waals surface area contributed by atoms with E-state index in [-0.39, 0.29) is 11.9 Å². The number of rotatable bonds is 5. The first-order chi connectivity index (χ1) is 16.9. The van der Waals surface area contributed by atoms with Gasteiger partial charge in [0.1, 0.15) is 17.0 Å². The number of likely N-dealkylation sites (tertiary alicyclic amines) is 1. The van der Waals surface area contributed by atoms with E-state index in [1.165, 1.54) is 18.9 Å². The standard InChI is InChI=1S/C26H29FN6O2/c1-31-23-19(27)10-17(26(34)32-9-3-4-18(28)14-32)11-20(23)29-25(31)21-12-16-7-8-22(35-2)30-24(16)33(21)13-15-5-6-15/h7-8,10-12,15,18H,3-6,9,13-14,28H2,1-2H3/t18-/m1/s1. The van der Waals surface area contributed by atoms with Crippen molar-refractivity contribution in [1.82, 2.24) is 24.0 Å². The maximum atomic E-state index is 15.4. The highest BCUT2D eigenvalue weighted by molar-refractivity contribution is 5.98. The van der Waals surface area contributed by atoms with Crippen LogP contribution in [-0.4, -0.2) is 56.2 Å². The Kier molecular flexibility index (Phi) is 5.25. The number of methoxy groups -OCH3 is 1. The summed E-state index contributed by atoms with van der Waals surface area (Å²) in [5.74, 6) is 1.13. The summed E-state index contributed by atoms with van der Waals surface area (Å²) in [6.07, 6.45) is 4.13. The molecule has 6 rings (SSSR count). The van der Waals surface area contributed by atoms with Gasteiger partial charge in [-0.2, -0.15) is 4.98 Å². The average Bonchev–Trinajstić information content (AvgIpc) is 3.52. The molecule has 1 amide bonds. The molecule has 4 aromatic rings. The normalized spacial score (nSPS) is 18.5. The number of aromatic nitrogens is 4. The van der Waals surface area contributed by atoms with Crippen molar-refractivity contribution in [3.63, 3.8) is 0 Å². The molecule has 2 fully saturated rings. The molecule has 1 aliphatic carbocycles. The fourth-order valence-corrected chi connectivity index (χ4v) is 5.18. The highest BCUT2D eigenvalue weighted by Crippen LogP contribution is 2.36. The number of hydrogen-bond donors (Lipinski definition) is 1. The average molecular weight is 477 g/mol. The molecule has 1 saturated carbocycles. The van der Waals surface area contributed by atoms with E-state index >= 15 is 4.39 Å². The van der Waals surface area contributed by atoms with Gasteiger partial charge in [0, 0.05) is 49.7 Å². The number of carbonyl (C=O) groups excluding carboxylic acids is 1. The minimum absolute atomic E-state index is 0.0386. The Bertz CT molecular complexity index is 1450. The van der Waals surface area contributed by atoms with E-state index in [0.29, 0.717) is 47.3 Å². The predicted molar refractivity (Wildman–Crippen MR) is 132 cm³/mol. The molecule has 8 nitrogen and oxygen atoms in total. The van der Waals surface area contributed by atoms with Crippen LogP contribution in [0.1, 0.15) is 36.0 Å². The second-order valence-electron chi connectivity index (χ2n) is 9.82. The van der Waals surface area contributed by atoms with Gasteiger partial charge in [-0.05, 0) is 55.9 Å². The van der Waals surface area contributed by atoms with Crippen LogP contribution >= 0.6 is 0 Å². The number of carbonyl (C=O) groups is 1. The Balaban J connectivity index is 1.46. The molecule has 0 radical (unpaired) electrons. The second kappa shape index (κ2) is 8.34. The van der Waals surface area contributed by atoms with Crippen molar-refractivity contribution >= 4 is 28.0 Å². The Hall–Kier alpha value is -3.46. The molecule has 182 valence electrons. The molecule has 2 N–H and O–H groups in total. The minimum atomic E-state index is -0.460. The Morgan fingerprint density at radius 1 is 1.20 bits per heavy atom. The lowest BCUT2D eigenvalue weighted by molar-refractivity contribution is 0.0708. The van der Waals surface area contributed by atoms with E-state index in [1.54, 1.807) is 22.6 Å². The molecule has 35 heavy (non-hydrogen) atoms. The Morgan fingerprint density at radius 3 is 2.77 bits per heavy atom. The lowest BCUT2D eigenvalue weighted by atomic mass is 10.0. The number of piperidine rings is 1. The number of nitrogens with two attached hydrogens (primary N) is 1. The third-order valence-electron chi connectivity index (χ3n) is 7.21. The van der Waals surface area contributed by atoms with E-state index in [4.69, 9.17) is 15.5 Å². The van der Waals surface area contributed by atoms with Crippen molar-refractivity contribution in [2.75, 3.05) is 20.2 Å². The van der Waals surface area contributed by atoms with Crippen LogP contribution in [-0.2, 0) is 13.6 Å². The van der Waals surface area contributed by atoms with Gasteiger partial charge < -0.3 is 24.5 Å². The van der Waals surface area contributed by atoms with Crippen LogP contribution in [0.15, 0.2) is 30.3 Å². The van der Waals surface area contributed by atoms with Gasteiger partial charge in [0.25, 0.3) is 5.91 Å². The topological polar surface area (TPSA) is 91.2 Å². The van der Waals surface area contributed by atoms with Crippen molar-refractivity contribution in [3.05, 3.63) is 41.7 Å². The molecule has 1 atom stereocenters. The number of benzene rings is 1. The summed E-state index contributed by atoms with van der Waals surface area (Å²) >= 11 is 0. The summed E-state index contributed by atoms with van der Waals surface area (Å²) in [6.45, 7) is 1.95. The van der Waals surface area contributed by atoms with Crippen LogP contribution in [0.3, 0.4) is 0 Å². The molecule has 4 heterocycles. The van der Waals surface area contributed by atoms with Gasteiger partial charge in [-0.3, -0.25) is 4.79 Å². The summed E-state index contributed by atoms with van der Waals surface area (Å²) in [4.78, 5) is 24.3. The van der Waals surface area contributed by atoms with E-state index in [0.717, 1.165) is 36.1 Å². The molecule has 0 spiro atoms. The minimum Gasteiger partial charge on any atom is -0.481 e. The van der Waals surface area contributed by atoms with Crippen molar-refractivity contribution in [2.24, 2.45) is 18.7 Å². The third kappa shape index (κ3) is 3.83. The molecule has 9 heteroatoms. The highest BCUT2D eigenvalue weighted by atomic mass is 19.1. The SMILES string of the molecule is COc1ccc2cc(-c3nc4cc(C(=O)N5CCC[C@@H](N)C5)cc(F)c4n3C)n(CC3CC3)c2n1. The van der Waals surface area contributed by atoms with E-state index in [2.05, 4.69) is 9.55 Å². The number of imidazole rings is 1. The lowest BCUT2D eigenvalue weighted by Crippen LogP contribution is -2.45. The van der Waals surface area contributed by atoms with Crippen LogP contribution in [0.25, 0.3) is 33.6 Å². The number of amides is 1. The zero-order chi connectivity index (χ0) is 24.3. The molecular weight excluding hydrogens is 447 g/mol. The largest absolute Gasteiger partial charge is 0.481 e. The van der Waals surface area contributed by atoms with Crippen LogP contribution < -0.4 is 10.5 Å². The van der Waals surface area contributed by atoms with Crippen molar-refractivity contribution in [2.45, 2.75) is 38.3 Å². The number of halogens is 1. The third-order valence-corrected chi connectivity index (χ3v) is 7.21. The zero-order valence-electron chi connectivity index (χ0n) is 20.0. The lowest BCUT2D eigenvalue weighted by Gasteiger charge is -2.30. The first-order valence-corrected chi connectivity index (χ1v) is 12.2. The van der Waals surface area contributed by atoms with Crippen LogP contribution in [0.5, 0.6) is 5.88 Å². The molecule has 3 aromatic heterocycles. The van der Waals surface area contributed by atoms with Gasteiger partial charge in [-0.25, -0.2) is 9.37 Å². The molecule has 0 unspecified atom stereocenters. The predicted octanol–water partition coefficient (Wildman–Crippen LogP) is 3.71. The van der Waals surface area contributed by atoms with E-state index < -0.39 is 5.82 Å². The van der Waals surface area contributed by atoms with Crippen molar-refractivity contribution in [3.8, 4) is 17.4 Å². The van der Waals surface area contributed by atoms with Crippen LogP contribution in [0.4, 0.5) is 4.39 Å². The number of hydrogen-bond acceptors (Lipinski definition) is 5. The van der Waals surface area contributed by atoms with Gasteiger partial charge >= 0.3 is 0 Å². The summed E-state index contributed by atoms with van der Waals surface area (Å²) in [5, 5.41) is 0.978. The fraction of sp³-hybridized carbons (Fsp3) is 0.423. The van der Waals surface area contributed by atoms with Crippen molar-refractivity contribution < 1.29 is 13.9 Å². The summed E-state index contributed by atoms with van der Waals surface area (Å²) in [7, 11) is 3.42. The zero-order valence-corrected chi connectivity index (χ0v) is 20.0. The Morgan fingerprint density at radius 2 is 2.03 bits per heavy atom. The fourth-order valence-electron chi connectivity index (χ4n) is 5.18.